The molecule has 0 fully saturated rings. The second-order valence-corrected chi connectivity index (χ2v) is 5.40. The molecule has 0 atom stereocenters. The van der Waals surface area contributed by atoms with Crippen molar-refractivity contribution in [2.24, 2.45) is 0 Å². The highest BCUT2D eigenvalue weighted by atomic mass is 16.5. The number of nitrogens with zero attached hydrogens (tertiary/aromatic N) is 1. The number of rotatable bonds is 4. The highest BCUT2D eigenvalue weighted by molar-refractivity contribution is 6.06. The van der Waals surface area contributed by atoms with Gasteiger partial charge in [-0.25, -0.2) is 4.98 Å². The van der Waals surface area contributed by atoms with Gasteiger partial charge in [0.25, 0.3) is 5.91 Å². The molecule has 0 saturated heterocycles. The molecule has 1 N–H and O–H groups in total. The molecule has 0 radical (unpaired) electrons. The van der Waals surface area contributed by atoms with Crippen LogP contribution in [0.1, 0.15) is 10.4 Å². The molecule has 1 aromatic heterocycles. The van der Waals surface area contributed by atoms with Gasteiger partial charge in [0.15, 0.2) is 17.7 Å². The van der Waals surface area contributed by atoms with Crippen LogP contribution in [-0.2, 0) is 0 Å². The first-order valence-electron chi connectivity index (χ1n) is 7.76. The summed E-state index contributed by atoms with van der Waals surface area (Å²) in [4.78, 5) is 16.6. The Morgan fingerprint density at radius 2 is 1.76 bits per heavy atom. The van der Waals surface area contributed by atoms with E-state index in [1.165, 1.54) is 6.39 Å². The van der Waals surface area contributed by atoms with Crippen molar-refractivity contribution in [2.45, 2.75) is 0 Å². The van der Waals surface area contributed by atoms with Crippen LogP contribution in [0.3, 0.4) is 0 Å². The number of ether oxygens (including phenoxy) is 1. The maximum atomic E-state index is 12.6. The number of amides is 1. The fraction of sp³-hybridized carbons (Fsp3) is 0. The molecule has 0 aliphatic heterocycles. The molecule has 0 aliphatic carbocycles. The van der Waals surface area contributed by atoms with Gasteiger partial charge >= 0.3 is 0 Å². The first kappa shape index (κ1) is 15.0. The summed E-state index contributed by atoms with van der Waals surface area (Å²) in [7, 11) is 0. The van der Waals surface area contributed by atoms with E-state index < -0.39 is 0 Å². The summed E-state index contributed by atoms with van der Waals surface area (Å²) in [6.07, 6.45) is 1.36. The zero-order valence-electron chi connectivity index (χ0n) is 13.2. The number of oxazole rings is 1. The predicted molar refractivity (Wildman–Crippen MR) is 94.9 cm³/mol. The van der Waals surface area contributed by atoms with Gasteiger partial charge in [-0.2, -0.15) is 0 Å². The van der Waals surface area contributed by atoms with Crippen LogP contribution in [0.15, 0.2) is 83.6 Å². The summed E-state index contributed by atoms with van der Waals surface area (Å²) in [5, 5.41) is 2.88. The molecule has 0 unspecified atom stereocenters. The minimum Gasteiger partial charge on any atom is -0.455 e. The van der Waals surface area contributed by atoms with Gasteiger partial charge < -0.3 is 14.5 Å². The Hall–Kier alpha value is -3.60. The molecule has 5 nitrogen and oxygen atoms in total. The third-order valence-electron chi connectivity index (χ3n) is 3.70. The Labute approximate surface area is 143 Å². The lowest BCUT2D eigenvalue weighted by Crippen LogP contribution is -2.12. The van der Waals surface area contributed by atoms with Crippen LogP contribution in [0.4, 0.5) is 5.69 Å². The van der Waals surface area contributed by atoms with Gasteiger partial charge in [0.05, 0.1) is 5.69 Å². The van der Waals surface area contributed by atoms with Gasteiger partial charge in [0.2, 0.25) is 0 Å². The SMILES string of the molecule is O=C(Nc1ccccc1Oc1ccccc1)c1ccc2ocnc2c1. The minimum absolute atomic E-state index is 0.242. The van der Waals surface area contributed by atoms with Crippen LogP contribution in [0.2, 0.25) is 0 Å². The lowest BCUT2D eigenvalue weighted by molar-refractivity contribution is 0.102. The maximum Gasteiger partial charge on any atom is 0.255 e. The summed E-state index contributed by atoms with van der Waals surface area (Å²) in [5.74, 6) is 1.03. The van der Waals surface area contributed by atoms with Crippen molar-refractivity contribution in [3.63, 3.8) is 0 Å². The molecule has 25 heavy (non-hydrogen) atoms. The average Bonchev–Trinajstić information content (AvgIpc) is 3.12. The predicted octanol–water partition coefficient (Wildman–Crippen LogP) is 4.87. The van der Waals surface area contributed by atoms with E-state index >= 15 is 0 Å². The average molecular weight is 330 g/mol. The summed E-state index contributed by atoms with van der Waals surface area (Å²) >= 11 is 0. The minimum atomic E-state index is -0.242. The lowest BCUT2D eigenvalue weighted by atomic mass is 10.2. The van der Waals surface area contributed by atoms with Gasteiger partial charge in [0, 0.05) is 5.56 Å². The Bertz CT molecular complexity index is 1030. The normalized spacial score (nSPS) is 10.6. The van der Waals surface area contributed by atoms with Crippen molar-refractivity contribution in [2.75, 3.05) is 5.32 Å². The number of carbonyl (C=O) groups excluding carboxylic acids is 1. The van der Waals surface area contributed by atoms with Crippen LogP contribution in [-0.4, -0.2) is 10.9 Å². The molecule has 1 amide bonds. The van der Waals surface area contributed by atoms with Crippen LogP contribution in [0, 0.1) is 0 Å². The van der Waals surface area contributed by atoms with Crippen molar-refractivity contribution in [3.05, 3.63) is 84.8 Å². The maximum absolute atomic E-state index is 12.6. The monoisotopic (exact) mass is 330 g/mol. The highest BCUT2D eigenvalue weighted by Gasteiger charge is 2.12. The molecular weight excluding hydrogens is 316 g/mol. The Morgan fingerprint density at radius 3 is 2.64 bits per heavy atom. The van der Waals surface area contributed by atoms with Crippen LogP contribution in [0.5, 0.6) is 11.5 Å². The Kier molecular flexibility index (Phi) is 3.88. The Balaban J connectivity index is 1.58. The fourth-order valence-corrected chi connectivity index (χ4v) is 2.47. The van der Waals surface area contributed by atoms with E-state index in [4.69, 9.17) is 9.15 Å². The molecule has 4 aromatic rings. The van der Waals surface area contributed by atoms with E-state index in [1.54, 1.807) is 24.3 Å². The molecule has 5 heteroatoms. The number of hydrogen-bond donors (Lipinski definition) is 1. The van der Waals surface area contributed by atoms with Crippen molar-refractivity contribution >= 4 is 22.7 Å². The third kappa shape index (κ3) is 3.21. The number of hydrogen-bond acceptors (Lipinski definition) is 4. The summed E-state index contributed by atoms with van der Waals surface area (Å²) in [6.45, 7) is 0. The first-order chi connectivity index (χ1) is 12.3. The van der Waals surface area contributed by atoms with Crippen molar-refractivity contribution in [1.82, 2.24) is 4.98 Å². The standard InChI is InChI=1S/C20H14N2O3/c23-20(14-10-11-18-17(12-14)21-13-24-18)22-16-8-4-5-9-19(16)25-15-6-2-1-3-7-15/h1-13H,(H,22,23). The molecular formula is C20H14N2O3. The topological polar surface area (TPSA) is 64.4 Å². The van der Waals surface area contributed by atoms with E-state index in [-0.39, 0.29) is 5.91 Å². The van der Waals surface area contributed by atoms with Crippen LogP contribution < -0.4 is 10.1 Å². The van der Waals surface area contributed by atoms with Gasteiger partial charge in [-0.1, -0.05) is 30.3 Å². The van der Waals surface area contributed by atoms with Gasteiger partial charge in [-0.05, 0) is 42.5 Å². The molecule has 122 valence electrons. The van der Waals surface area contributed by atoms with Gasteiger partial charge in [-0.15, -0.1) is 0 Å². The smallest absolute Gasteiger partial charge is 0.255 e. The second-order valence-electron chi connectivity index (χ2n) is 5.40. The number of aromatic nitrogens is 1. The molecule has 1 heterocycles. The number of benzene rings is 3. The van der Waals surface area contributed by atoms with E-state index in [9.17, 15) is 4.79 Å². The molecule has 3 aromatic carbocycles. The van der Waals surface area contributed by atoms with Crippen molar-refractivity contribution in [1.29, 1.82) is 0 Å². The van der Waals surface area contributed by atoms with Crippen LogP contribution >= 0.6 is 0 Å². The summed E-state index contributed by atoms with van der Waals surface area (Å²) < 4.78 is 11.1. The Morgan fingerprint density at radius 1 is 0.960 bits per heavy atom. The molecule has 0 aliphatic rings. The zero-order valence-corrected chi connectivity index (χ0v) is 13.2. The molecule has 4 rings (SSSR count). The number of fused-ring (bicyclic) bond motifs is 1. The molecule has 0 spiro atoms. The summed E-state index contributed by atoms with van der Waals surface area (Å²) in [6, 6.07) is 21.8. The number of carbonyl (C=O) groups is 1. The van der Waals surface area contributed by atoms with Crippen molar-refractivity contribution < 1.29 is 13.9 Å². The van der Waals surface area contributed by atoms with Gasteiger partial charge in [-0.3, -0.25) is 4.79 Å². The van der Waals surface area contributed by atoms with E-state index in [0.29, 0.717) is 33.8 Å². The second kappa shape index (κ2) is 6.49. The van der Waals surface area contributed by atoms with Gasteiger partial charge in [0.1, 0.15) is 11.3 Å². The van der Waals surface area contributed by atoms with Crippen molar-refractivity contribution in [3.8, 4) is 11.5 Å². The van der Waals surface area contributed by atoms with E-state index in [1.807, 2.05) is 48.5 Å². The summed E-state index contributed by atoms with van der Waals surface area (Å²) in [5.41, 5.74) is 2.37. The lowest BCUT2D eigenvalue weighted by Gasteiger charge is -2.12. The number of para-hydroxylation sites is 3. The largest absolute Gasteiger partial charge is 0.455 e. The fourth-order valence-electron chi connectivity index (χ4n) is 2.47. The number of anilines is 1. The third-order valence-corrected chi connectivity index (χ3v) is 3.70. The van der Waals surface area contributed by atoms with Crippen LogP contribution in [0.25, 0.3) is 11.1 Å². The quantitative estimate of drug-likeness (QED) is 0.579. The highest BCUT2D eigenvalue weighted by Crippen LogP contribution is 2.29. The zero-order chi connectivity index (χ0) is 17.1. The first-order valence-corrected chi connectivity index (χ1v) is 7.76. The van der Waals surface area contributed by atoms with E-state index in [0.717, 1.165) is 0 Å². The van der Waals surface area contributed by atoms with E-state index in [2.05, 4.69) is 10.3 Å². The molecule has 0 saturated carbocycles. The molecule has 0 bridgehead atoms. The number of nitrogens with one attached hydrogen (secondary N) is 1.